The Morgan fingerprint density at radius 1 is 1.12 bits per heavy atom. The predicted octanol–water partition coefficient (Wildman–Crippen LogP) is 3.55. The van der Waals surface area contributed by atoms with Gasteiger partial charge in [-0.05, 0) is 46.8 Å². The average molecular weight is 338 g/mol. The van der Waals surface area contributed by atoms with Crippen LogP contribution in [0.3, 0.4) is 0 Å². The number of nitrogens with one attached hydrogen (secondary N) is 1. The van der Waals surface area contributed by atoms with Gasteiger partial charge in [-0.25, -0.2) is 0 Å². The van der Waals surface area contributed by atoms with Crippen molar-refractivity contribution in [1.29, 1.82) is 0 Å². The van der Waals surface area contributed by atoms with Crippen LogP contribution in [0.15, 0.2) is 66.0 Å². The molecule has 0 saturated heterocycles. The molecule has 0 radical (unpaired) electrons. The monoisotopic (exact) mass is 338 g/mol. The number of carbonyl (C=O) groups excluding carboxylic acids is 1. The van der Waals surface area contributed by atoms with E-state index in [4.69, 9.17) is 5.73 Å². The summed E-state index contributed by atoms with van der Waals surface area (Å²) in [5.41, 5.74) is 8.28. The van der Waals surface area contributed by atoms with E-state index in [2.05, 4.69) is 5.32 Å². The van der Waals surface area contributed by atoms with Crippen molar-refractivity contribution in [3.05, 3.63) is 77.2 Å². The molecule has 1 atom stereocenters. The lowest BCUT2D eigenvalue weighted by Crippen LogP contribution is -2.33. The van der Waals surface area contributed by atoms with Crippen LogP contribution in [0.1, 0.15) is 22.0 Å². The minimum absolute atomic E-state index is 0.170. The first-order chi connectivity index (χ1) is 11.7. The van der Waals surface area contributed by atoms with Crippen LogP contribution in [0.2, 0.25) is 0 Å². The quantitative estimate of drug-likeness (QED) is 0.666. The smallest absolute Gasteiger partial charge is 0.251 e. The zero-order chi connectivity index (χ0) is 16.9. The summed E-state index contributed by atoms with van der Waals surface area (Å²) in [5.74, 6) is 0.0152. The molecule has 0 saturated carbocycles. The van der Waals surface area contributed by atoms with Gasteiger partial charge in [-0.15, -0.1) is 11.3 Å². The lowest BCUT2D eigenvalue weighted by Gasteiger charge is -2.17. The summed E-state index contributed by atoms with van der Waals surface area (Å²) in [4.78, 5) is 13.7. The van der Waals surface area contributed by atoms with Gasteiger partial charge in [0.05, 0.1) is 6.04 Å². The van der Waals surface area contributed by atoms with Gasteiger partial charge in [0.1, 0.15) is 5.75 Å². The first-order valence-corrected chi connectivity index (χ1v) is 8.49. The summed E-state index contributed by atoms with van der Waals surface area (Å²) in [6.45, 7) is 0.279. The molecule has 0 bridgehead atoms. The van der Waals surface area contributed by atoms with Crippen LogP contribution in [-0.4, -0.2) is 17.6 Å². The van der Waals surface area contributed by atoms with E-state index in [0.29, 0.717) is 5.56 Å². The van der Waals surface area contributed by atoms with Gasteiger partial charge in [0.25, 0.3) is 5.91 Å². The highest BCUT2D eigenvalue weighted by Gasteiger charge is 2.15. The summed E-state index contributed by atoms with van der Waals surface area (Å²) >= 11 is 1.64. The molecule has 1 aromatic heterocycles. The molecule has 4 N–H and O–H groups in total. The average Bonchev–Trinajstić information content (AvgIpc) is 3.15. The Labute approximate surface area is 144 Å². The van der Waals surface area contributed by atoms with Crippen LogP contribution in [0.25, 0.3) is 10.4 Å². The molecule has 0 aliphatic heterocycles. The molecular weight excluding hydrogens is 320 g/mol. The molecule has 0 spiro atoms. The van der Waals surface area contributed by atoms with E-state index in [-0.39, 0.29) is 24.2 Å². The van der Waals surface area contributed by atoms with Crippen molar-refractivity contribution in [2.75, 3.05) is 6.54 Å². The van der Waals surface area contributed by atoms with Crippen molar-refractivity contribution < 1.29 is 9.90 Å². The Balaban J connectivity index is 1.78. The molecule has 3 rings (SSSR count). The summed E-state index contributed by atoms with van der Waals surface area (Å²) in [7, 11) is 0. The van der Waals surface area contributed by atoms with Gasteiger partial charge in [0.15, 0.2) is 0 Å². The van der Waals surface area contributed by atoms with Gasteiger partial charge >= 0.3 is 0 Å². The van der Waals surface area contributed by atoms with E-state index in [1.165, 1.54) is 0 Å². The second-order valence-electron chi connectivity index (χ2n) is 5.41. The molecule has 0 aliphatic rings. The van der Waals surface area contributed by atoms with Gasteiger partial charge < -0.3 is 16.2 Å². The molecule has 122 valence electrons. The van der Waals surface area contributed by atoms with Crippen LogP contribution in [0, 0.1) is 0 Å². The van der Waals surface area contributed by atoms with Crippen LogP contribution in [0.5, 0.6) is 5.75 Å². The topological polar surface area (TPSA) is 75.3 Å². The first-order valence-electron chi connectivity index (χ1n) is 7.61. The number of hydrogen-bond acceptors (Lipinski definition) is 4. The van der Waals surface area contributed by atoms with Crippen molar-refractivity contribution in [2.24, 2.45) is 5.73 Å². The molecule has 5 heteroatoms. The Hall–Kier alpha value is -2.63. The number of rotatable bonds is 5. The highest BCUT2D eigenvalue weighted by molar-refractivity contribution is 7.13. The standard InChI is InChI=1S/C19H18N2O2S/c20-12-17(13-6-8-16(22)9-7-13)21-19(23)15-4-1-3-14(11-15)18-5-2-10-24-18/h1-11,17,22H,12,20H2,(H,21,23). The van der Waals surface area contributed by atoms with Crippen molar-refractivity contribution in [3.63, 3.8) is 0 Å². The fraction of sp³-hybridized carbons (Fsp3) is 0.105. The second kappa shape index (κ2) is 7.29. The summed E-state index contributed by atoms with van der Waals surface area (Å²) < 4.78 is 0. The highest BCUT2D eigenvalue weighted by atomic mass is 32.1. The molecule has 1 unspecified atom stereocenters. The predicted molar refractivity (Wildman–Crippen MR) is 97.1 cm³/mol. The minimum Gasteiger partial charge on any atom is -0.508 e. The lowest BCUT2D eigenvalue weighted by molar-refractivity contribution is 0.0938. The number of amides is 1. The summed E-state index contributed by atoms with van der Waals surface area (Å²) in [6, 6.07) is 17.9. The van der Waals surface area contributed by atoms with E-state index in [0.717, 1.165) is 16.0 Å². The third-order valence-corrected chi connectivity index (χ3v) is 4.69. The number of phenols is 1. The van der Waals surface area contributed by atoms with E-state index in [1.54, 1.807) is 41.7 Å². The van der Waals surface area contributed by atoms with E-state index < -0.39 is 0 Å². The van der Waals surface area contributed by atoms with Crippen LogP contribution in [0.4, 0.5) is 0 Å². The maximum absolute atomic E-state index is 12.6. The van der Waals surface area contributed by atoms with Crippen molar-refractivity contribution in [2.45, 2.75) is 6.04 Å². The number of phenolic OH excluding ortho intramolecular Hbond substituents is 1. The Bertz CT molecular complexity index is 814. The van der Waals surface area contributed by atoms with Gasteiger partial charge in [0.2, 0.25) is 0 Å². The molecule has 1 heterocycles. The van der Waals surface area contributed by atoms with Gasteiger partial charge in [-0.1, -0.05) is 30.3 Å². The molecule has 24 heavy (non-hydrogen) atoms. The number of nitrogens with two attached hydrogens (primary N) is 1. The van der Waals surface area contributed by atoms with Gasteiger partial charge in [0, 0.05) is 17.0 Å². The molecule has 3 aromatic rings. The second-order valence-corrected chi connectivity index (χ2v) is 6.36. The number of hydrogen-bond donors (Lipinski definition) is 3. The molecule has 0 aliphatic carbocycles. The number of aromatic hydroxyl groups is 1. The van der Waals surface area contributed by atoms with Crippen molar-refractivity contribution >= 4 is 17.2 Å². The largest absolute Gasteiger partial charge is 0.508 e. The van der Waals surface area contributed by atoms with E-state index in [9.17, 15) is 9.90 Å². The normalized spacial score (nSPS) is 11.9. The third-order valence-electron chi connectivity index (χ3n) is 3.77. The van der Waals surface area contributed by atoms with E-state index >= 15 is 0 Å². The highest BCUT2D eigenvalue weighted by Crippen LogP contribution is 2.25. The number of carbonyl (C=O) groups is 1. The maximum Gasteiger partial charge on any atom is 0.251 e. The minimum atomic E-state index is -0.302. The SMILES string of the molecule is NCC(NC(=O)c1cccc(-c2cccs2)c1)c1ccc(O)cc1. The molecular formula is C19H18N2O2S. The zero-order valence-corrected chi connectivity index (χ0v) is 13.8. The third kappa shape index (κ3) is 3.64. The molecule has 0 fully saturated rings. The summed E-state index contributed by atoms with van der Waals surface area (Å²) in [5, 5.41) is 14.3. The molecule has 4 nitrogen and oxygen atoms in total. The fourth-order valence-corrected chi connectivity index (χ4v) is 3.21. The number of benzene rings is 2. The summed E-state index contributed by atoms with van der Waals surface area (Å²) in [6.07, 6.45) is 0. The fourth-order valence-electron chi connectivity index (χ4n) is 2.48. The number of thiophene rings is 1. The van der Waals surface area contributed by atoms with Gasteiger partial charge in [-0.3, -0.25) is 4.79 Å². The van der Waals surface area contributed by atoms with Crippen molar-refractivity contribution in [3.8, 4) is 16.2 Å². The van der Waals surface area contributed by atoms with Crippen LogP contribution >= 0.6 is 11.3 Å². The van der Waals surface area contributed by atoms with Gasteiger partial charge in [-0.2, -0.15) is 0 Å². The maximum atomic E-state index is 12.6. The van der Waals surface area contributed by atoms with Crippen molar-refractivity contribution in [1.82, 2.24) is 5.32 Å². The first kappa shape index (κ1) is 16.2. The Morgan fingerprint density at radius 2 is 1.92 bits per heavy atom. The zero-order valence-electron chi connectivity index (χ0n) is 13.0. The Kier molecular flexibility index (Phi) is 4.93. The van der Waals surface area contributed by atoms with Crippen LogP contribution in [-0.2, 0) is 0 Å². The molecule has 1 amide bonds. The Morgan fingerprint density at radius 3 is 2.58 bits per heavy atom. The van der Waals surface area contributed by atoms with Crippen LogP contribution < -0.4 is 11.1 Å². The molecule has 2 aromatic carbocycles. The lowest BCUT2D eigenvalue weighted by atomic mass is 10.0. The van der Waals surface area contributed by atoms with E-state index in [1.807, 2.05) is 35.7 Å².